The van der Waals surface area contributed by atoms with Crippen LogP contribution in [-0.2, 0) is 4.79 Å². The minimum Gasteiger partial charge on any atom is -0.497 e. The van der Waals surface area contributed by atoms with Gasteiger partial charge < -0.3 is 10.1 Å². The molecule has 0 saturated heterocycles. The van der Waals surface area contributed by atoms with Gasteiger partial charge in [-0.15, -0.1) is 11.8 Å². The summed E-state index contributed by atoms with van der Waals surface area (Å²) in [6.45, 7) is 0. The van der Waals surface area contributed by atoms with Crippen LogP contribution >= 0.6 is 11.8 Å². The molecule has 0 bridgehead atoms. The molecular formula is C18H19NO2S. The molecule has 1 aliphatic carbocycles. The number of thioether (sulfide) groups is 1. The van der Waals surface area contributed by atoms with Crippen molar-refractivity contribution >= 4 is 17.7 Å². The van der Waals surface area contributed by atoms with Gasteiger partial charge in [0.2, 0.25) is 5.91 Å². The molecule has 0 radical (unpaired) electrons. The molecule has 1 atom stereocenters. The molecule has 0 aromatic heterocycles. The fourth-order valence-corrected chi connectivity index (χ4v) is 3.23. The van der Waals surface area contributed by atoms with Crippen molar-refractivity contribution in [3.8, 4) is 5.75 Å². The molecule has 3 nitrogen and oxygen atoms in total. The lowest BCUT2D eigenvalue weighted by atomic mass is 10.1. The summed E-state index contributed by atoms with van der Waals surface area (Å²) >= 11 is 1.57. The van der Waals surface area contributed by atoms with E-state index >= 15 is 0 Å². The predicted octanol–water partition coefficient (Wildman–Crippen LogP) is 3.81. The first kappa shape index (κ1) is 15.0. The molecule has 2 aromatic carbocycles. The highest BCUT2D eigenvalue weighted by molar-refractivity contribution is 8.00. The second-order valence-electron chi connectivity index (χ2n) is 5.37. The molecule has 1 N–H and O–H groups in total. The Balaban J connectivity index is 1.79. The van der Waals surface area contributed by atoms with E-state index in [0.29, 0.717) is 6.04 Å². The largest absolute Gasteiger partial charge is 0.497 e. The number of benzene rings is 2. The fourth-order valence-electron chi connectivity index (χ4n) is 2.20. The minimum atomic E-state index is -0.227. The van der Waals surface area contributed by atoms with Gasteiger partial charge in [0.15, 0.2) is 0 Å². The standard InChI is InChI=1S/C18H19NO2S/c1-21-15-9-11-16(12-10-15)22-17(13-5-3-2-4-6-13)18(20)19-14-7-8-14/h2-6,9-12,14,17H,7-8H2,1H3,(H,19,20). The second-order valence-corrected chi connectivity index (χ2v) is 6.55. The first-order valence-corrected chi connectivity index (χ1v) is 8.30. The lowest BCUT2D eigenvalue weighted by molar-refractivity contribution is -0.120. The Morgan fingerprint density at radius 2 is 1.82 bits per heavy atom. The molecule has 0 spiro atoms. The van der Waals surface area contributed by atoms with Crippen LogP contribution in [0.1, 0.15) is 23.7 Å². The van der Waals surface area contributed by atoms with E-state index in [1.807, 2.05) is 54.6 Å². The van der Waals surface area contributed by atoms with Crippen LogP contribution in [0.4, 0.5) is 0 Å². The summed E-state index contributed by atoms with van der Waals surface area (Å²) in [5.41, 5.74) is 1.03. The molecule has 1 amide bonds. The van der Waals surface area contributed by atoms with Gasteiger partial charge in [-0.05, 0) is 42.7 Å². The average molecular weight is 313 g/mol. The van der Waals surface area contributed by atoms with Crippen LogP contribution in [0.15, 0.2) is 59.5 Å². The Morgan fingerprint density at radius 1 is 1.14 bits per heavy atom. The van der Waals surface area contributed by atoms with Gasteiger partial charge in [-0.1, -0.05) is 30.3 Å². The van der Waals surface area contributed by atoms with Crippen LogP contribution in [0.25, 0.3) is 0 Å². The predicted molar refractivity (Wildman–Crippen MR) is 89.2 cm³/mol. The SMILES string of the molecule is COc1ccc(SC(C(=O)NC2CC2)c2ccccc2)cc1. The normalized spacial score (nSPS) is 15.1. The number of methoxy groups -OCH3 is 1. The maximum absolute atomic E-state index is 12.6. The number of carbonyl (C=O) groups is 1. The molecule has 1 fully saturated rings. The van der Waals surface area contributed by atoms with Crippen LogP contribution in [0.2, 0.25) is 0 Å². The molecule has 22 heavy (non-hydrogen) atoms. The second kappa shape index (κ2) is 6.88. The fraction of sp³-hybridized carbons (Fsp3) is 0.278. The Hall–Kier alpha value is -1.94. The minimum absolute atomic E-state index is 0.0921. The van der Waals surface area contributed by atoms with Crippen LogP contribution in [0.5, 0.6) is 5.75 Å². The number of amides is 1. The van der Waals surface area contributed by atoms with Crippen molar-refractivity contribution in [1.29, 1.82) is 0 Å². The Labute approximate surface area is 135 Å². The summed E-state index contributed by atoms with van der Waals surface area (Å²) in [6, 6.07) is 18.1. The first-order valence-electron chi connectivity index (χ1n) is 7.42. The van der Waals surface area contributed by atoms with Gasteiger partial charge in [0.25, 0.3) is 0 Å². The molecule has 1 aliphatic rings. The molecule has 0 aliphatic heterocycles. The number of ether oxygens (including phenoxy) is 1. The molecule has 2 aromatic rings. The van der Waals surface area contributed by atoms with E-state index in [1.165, 1.54) is 0 Å². The van der Waals surface area contributed by atoms with E-state index in [-0.39, 0.29) is 11.2 Å². The van der Waals surface area contributed by atoms with Crippen molar-refractivity contribution in [3.05, 3.63) is 60.2 Å². The van der Waals surface area contributed by atoms with Crippen molar-refractivity contribution in [3.63, 3.8) is 0 Å². The highest BCUT2D eigenvalue weighted by Crippen LogP contribution is 2.36. The van der Waals surface area contributed by atoms with Crippen molar-refractivity contribution in [2.24, 2.45) is 0 Å². The highest BCUT2D eigenvalue weighted by atomic mass is 32.2. The van der Waals surface area contributed by atoms with E-state index in [0.717, 1.165) is 29.1 Å². The van der Waals surface area contributed by atoms with Gasteiger partial charge in [0, 0.05) is 10.9 Å². The van der Waals surface area contributed by atoms with E-state index in [1.54, 1.807) is 18.9 Å². The Kier molecular flexibility index (Phi) is 4.68. The maximum atomic E-state index is 12.6. The molecule has 114 valence electrons. The topological polar surface area (TPSA) is 38.3 Å². The van der Waals surface area contributed by atoms with Crippen molar-refractivity contribution in [2.45, 2.75) is 29.0 Å². The monoisotopic (exact) mass is 313 g/mol. The van der Waals surface area contributed by atoms with Crippen molar-refractivity contribution in [1.82, 2.24) is 5.32 Å². The highest BCUT2D eigenvalue weighted by Gasteiger charge is 2.28. The zero-order valence-corrected chi connectivity index (χ0v) is 13.3. The van der Waals surface area contributed by atoms with E-state index in [4.69, 9.17) is 4.74 Å². The average Bonchev–Trinajstić information content (AvgIpc) is 3.38. The Bertz CT molecular complexity index is 623. The molecule has 1 unspecified atom stereocenters. The molecule has 1 saturated carbocycles. The lowest BCUT2D eigenvalue weighted by Gasteiger charge is -2.17. The van der Waals surface area contributed by atoms with Gasteiger partial charge in [-0.3, -0.25) is 4.79 Å². The van der Waals surface area contributed by atoms with E-state index < -0.39 is 0 Å². The lowest BCUT2D eigenvalue weighted by Crippen LogP contribution is -2.29. The number of hydrogen-bond acceptors (Lipinski definition) is 3. The molecule has 0 heterocycles. The van der Waals surface area contributed by atoms with Gasteiger partial charge >= 0.3 is 0 Å². The summed E-state index contributed by atoms with van der Waals surface area (Å²) in [7, 11) is 1.65. The third kappa shape index (κ3) is 3.83. The maximum Gasteiger partial charge on any atom is 0.238 e. The number of nitrogens with one attached hydrogen (secondary N) is 1. The van der Waals surface area contributed by atoms with E-state index in [9.17, 15) is 4.79 Å². The summed E-state index contributed by atoms with van der Waals surface area (Å²) in [5, 5.41) is 2.88. The number of hydrogen-bond donors (Lipinski definition) is 1. The van der Waals surface area contributed by atoms with Gasteiger partial charge in [0.1, 0.15) is 11.0 Å². The number of carbonyl (C=O) groups excluding carboxylic acids is 1. The van der Waals surface area contributed by atoms with Gasteiger partial charge in [-0.2, -0.15) is 0 Å². The molecule has 3 rings (SSSR count). The van der Waals surface area contributed by atoms with Gasteiger partial charge in [-0.25, -0.2) is 0 Å². The third-order valence-electron chi connectivity index (χ3n) is 3.58. The van der Waals surface area contributed by atoms with Crippen LogP contribution < -0.4 is 10.1 Å². The zero-order valence-electron chi connectivity index (χ0n) is 12.5. The first-order chi connectivity index (χ1) is 10.8. The van der Waals surface area contributed by atoms with Crippen LogP contribution in [-0.4, -0.2) is 19.1 Å². The quantitative estimate of drug-likeness (QED) is 0.824. The van der Waals surface area contributed by atoms with Crippen LogP contribution in [0, 0.1) is 0 Å². The molecular weight excluding hydrogens is 294 g/mol. The van der Waals surface area contributed by atoms with Gasteiger partial charge in [0.05, 0.1) is 7.11 Å². The van der Waals surface area contributed by atoms with E-state index in [2.05, 4.69) is 5.32 Å². The number of rotatable bonds is 6. The Morgan fingerprint density at radius 3 is 2.41 bits per heavy atom. The van der Waals surface area contributed by atoms with Crippen molar-refractivity contribution in [2.75, 3.05) is 7.11 Å². The van der Waals surface area contributed by atoms with Crippen LogP contribution in [0.3, 0.4) is 0 Å². The summed E-state index contributed by atoms with van der Waals surface area (Å²) in [5.74, 6) is 0.914. The summed E-state index contributed by atoms with van der Waals surface area (Å²) < 4.78 is 5.18. The zero-order chi connectivity index (χ0) is 15.4. The smallest absolute Gasteiger partial charge is 0.238 e. The third-order valence-corrected chi connectivity index (χ3v) is 4.84. The summed E-state index contributed by atoms with van der Waals surface area (Å²) in [4.78, 5) is 13.6. The summed E-state index contributed by atoms with van der Waals surface area (Å²) in [6.07, 6.45) is 2.20. The van der Waals surface area contributed by atoms with Crippen molar-refractivity contribution < 1.29 is 9.53 Å². The molecule has 4 heteroatoms.